The van der Waals surface area contributed by atoms with Gasteiger partial charge in [0, 0.05) is 21.2 Å². The van der Waals surface area contributed by atoms with Gasteiger partial charge >= 0.3 is 11.9 Å². The lowest BCUT2D eigenvalue weighted by molar-refractivity contribution is -0.174. The van der Waals surface area contributed by atoms with Crippen molar-refractivity contribution < 1.29 is 23.9 Å². The molecule has 11 heteroatoms. The second-order valence-electron chi connectivity index (χ2n) is 12.4. The smallest absolute Gasteiger partial charge is 0.321 e. The minimum atomic E-state index is -1.56. The summed E-state index contributed by atoms with van der Waals surface area (Å²) in [5.41, 5.74) is -1.11. The molecule has 2 amide bonds. The quantitative estimate of drug-likeness (QED) is 0.129. The van der Waals surface area contributed by atoms with Crippen molar-refractivity contribution in [1.29, 1.82) is 10.5 Å². The van der Waals surface area contributed by atoms with Gasteiger partial charge in [0.05, 0.1) is 46.2 Å². The van der Waals surface area contributed by atoms with Crippen LogP contribution in [0.1, 0.15) is 82.7 Å². The number of esters is 2. The molecule has 9 nitrogen and oxygen atoms in total. The molecule has 2 unspecified atom stereocenters. The van der Waals surface area contributed by atoms with Gasteiger partial charge in [0.15, 0.2) is 0 Å². The lowest BCUT2D eigenvalue weighted by Crippen LogP contribution is -2.47. The van der Waals surface area contributed by atoms with E-state index in [9.17, 15) is 19.2 Å². The Bertz CT molecular complexity index is 1830. The number of rotatable bonds is 10. The van der Waals surface area contributed by atoms with Gasteiger partial charge in [-0.2, -0.15) is 10.5 Å². The first kappa shape index (κ1) is 36.4. The summed E-state index contributed by atoms with van der Waals surface area (Å²) in [5, 5.41) is 24.5. The van der Waals surface area contributed by atoms with Gasteiger partial charge < -0.3 is 15.4 Å². The number of nitriles is 2. The Hall–Kier alpha value is -5.48. The zero-order valence-corrected chi connectivity index (χ0v) is 28.6. The van der Waals surface area contributed by atoms with Crippen LogP contribution < -0.4 is 10.6 Å². The van der Waals surface area contributed by atoms with Crippen LogP contribution in [0.2, 0.25) is 10.0 Å². The normalized spacial score (nSPS) is 12.4. The fourth-order valence-electron chi connectivity index (χ4n) is 5.12. The standard InChI is InChI=1S/C38H32Cl2N4O5/c1-37(2,31(27-9-5-7-11-29(27)39)43-33(45)25-17-13-23(21-41)14-18-25)35(47)49-36(48)38(3,4)32(28-10-6-8-12-30(28)40)44-34(46)26-19-15-24(22-42)16-20-26/h5-20,31-32H,1-4H3,(H,43,45)(H,44,46). The van der Waals surface area contributed by atoms with Crippen molar-refractivity contribution in [3.63, 3.8) is 0 Å². The first-order valence-corrected chi connectivity index (χ1v) is 15.8. The Morgan fingerprint density at radius 3 is 1.22 bits per heavy atom. The highest BCUT2D eigenvalue weighted by Crippen LogP contribution is 2.41. The highest BCUT2D eigenvalue weighted by atomic mass is 35.5. The number of carbonyl (C=O) groups excluding carboxylic acids is 4. The van der Waals surface area contributed by atoms with Crippen LogP contribution in [0.3, 0.4) is 0 Å². The van der Waals surface area contributed by atoms with Crippen molar-refractivity contribution in [2.45, 2.75) is 39.8 Å². The third-order valence-corrected chi connectivity index (χ3v) is 8.91. The average molecular weight is 696 g/mol. The molecule has 0 heterocycles. The summed E-state index contributed by atoms with van der Waals surface area (Å²) in [6, 6.07) is 27.1. The third-order valence-electron chi connectivity index (χ3n) is 8.22. The first-order chi connectivity index (χ1) is 23.2. The molecule has 0 fully saturated rings. The van der Waals surface area contributed by atoms with Gasteiger partial charge in [0.1, 0.15) is 0 Å². The number of nitrogens with zero attached hydrogens (tertiary/aromatic N) is 2. The van der Waals surface area contributed by atoms with Crippen molar-refractivity contribution in [3.05, 3.63) is 140 Å². The third kappa shape index (κ3) is 8.16. The summed E-state index contributed by atoms with van der Waals surface area (Å²) in [6.07, 6.45) is 0. The predicted molar refractivity (Wildman–Crippen MR) is 184 cm³/mol. The van der Waals surface area contributed by atoms with Crippen LogP contribution in [0, 0.1) is 33.5 Å². The zero-order valence-electron chi connectivity index (χ0n) is 27.1. The van der Waals surface area contributed by atoms with Crippen LogP contribution in [-0.2, 0) is 14.3 Å². The Kier molecular flexibility index (Phi) is 11.3. The molecule has 4 aromatic rings. The Morgan fingerprint density at radius 2 is 0.918 bits per heavy atom. The van der Waals surface area contributed by atoms with E-state index in [1.165, 1.54) is 76.2 Å². The number of hydrogen-bond donors (Lipinski definition) is 2. The number of ether oxygens (including phenoxy) is 1. The van der Waals surface area contributed by atoms with Gasteiger partial charge in [0.2, 0.25) is 0 Å². The fraction of sp³-hybridized carbons (Fsp3) is 0.211. The molecule has 0 saturated heterocycles. The second-order valence-corrected chi connectivity index (χ2v) is 13.2. The van der Waals surface area contributed by atoms with Crippen LogP contribution in [0.25, 0.3) is 0 Å². The summed E-state index contributed by atoms with van der Waals surface area (Å²) in [6.45, 7) is 6.06. The highest BCUT2D eigenvalue weighted by Gasteiger charge is 2.47. The number of carbonyl (C=O) groups is 4. The number of benzene rings is 4. The van der Waals surface area contributed by atoms with Gasteiger partial charge in [-0.25, -0.2) is 0 Å². The van der Waals surface area contributed by atoms with E-state index in [4.69, 9.17) is 38.5 Å². The average Bonchev–Trinajstić information content (AvgIpc) is 3.10. The zero-order chi connectivity index (χ0) is 35.9. The second kappa shape index (κ2) is 15.2. The molecule has 4 aromatic carbocycles. The topological polar surface area (TPSA) is 149 Å². The van der Waals surface area contributed by atoms with Gasteiger partial charge in [-0.3, -0.25) is 19.2 Å². The minimum Gasteiger partial charge on any atom is -0.392 e. The van der Waals surface area contributed by atoms with E-state index in [1.54, 1.807) is 48.5 Å². The number of halogens is 2. The molecular weight excluding hydrogens is 663 g/mol. The lowest BCUT2D eigenvalue weighted by Gasteiger charge is -2.36. The maximum atomic E-state index is 14.0. The lowest BCUT2D eigenvalue weighted by atomic mass is 9.78. The van der Waals surface area contributed by atoms with Crippen molar-refractivity contribution in [1.82, 2.24) is 10.6 Å². The summed E-state index contributed by atoms with van der Waals surface area (Å²) < 4.78 is 5.56. The molecule has 248 valence electrons. The summed E-state index contributed by atoms with van der Waals surface area (Å²) in [4.78, 5) is 54.7. The van der Waals surface area contributed by atoms with Gasteiger partial charge in [0.25, 0.3) is 11.8 Å². The van der Waals surface area contributed by atoms with Crippen molar-refractivity contribution in [2.75, 3.05) is 0 Å². The molecular formula is C38H32Cl2N4O5. The van der Waals surface area contributed by atoms with E-state index >= 15 is 0 Å². The van der Waals surface area contributed by atoms with E-state index in [-0.39, 0.29) is 21.2 Å². The number of nitrogens with one attached hydrogen (secondary N) is 2. The Morgan fingerprint density at radius 1 is 0.592 bits per heavy atom. The van der Waals surface area contributed by atoms with E-state index in [2.05, 4.69) is 10.6 Å². The summed E-state index contributed by atoms with van der Waals surface area (Å²) in [7, 11) is 0. The summed E-state index contributed by atoms with van der Waals surface area (Å²) >= 11 is 13.1. The molecule has 0 aromatic heterocycles. The molecule has 0 radical (unpaired) electrons. The molecule has 0 saturated carbocycles. The summed E-state index contributed by atoms with van der Waals surface area (Å²) in [5.74, 6) is -3.03. The minimum absolute atomic E-state index is 0.234. The van der Waals surface area contributed by atoms with Crippen LogP contribution in [-0.4, -0.2) is 23.8 Å². The van der Waals surface area contributed by atoms with Crippen molar-refractivity contribution >= 4 is 47.0 Å². The predicted octanol–water partition coefficient (Wildman–Crippen LogP) is 7.50. The molecule has 0 bridgehead atoms. The molecule has 4 rings (SSSR count). The van der Waals surface area contributed by atoms with Crippen LogP contribution in [0.4, 0.5) is 0 Å². The maximum absolute atomic E-state index is 14.0. The van der Waals surface area contributed by atoms with Crippen molar-refractivity contribution in [3.8, 4) is 12.1 Å². The molecule has 2 N–H and O–H groups in total. The van der Waals surface area contributed by atoms with Crippen LogP contribution in [0.15, 0.2) is 97.1 Å². The largest absolute Gasteiger partial charge is 0.392 e. The molecule has 49 heavy (non-hydrogen) atoms. The van der Waals surface area contributed by atoms with E-state index in [0.29, 0.717) is 22.3 Å². The SMILES string of the molecule is CC(C)(C(=O)OC(=O)C(C)(C)C(NC(=O)c1ccc(C#N)cc1)c1ccccc1Cl)C(NC(=O)c1ccc(C#N)cc1)c1ccccc1Cl. The molecule has 0 aliphatic rings. The van der Waals surface area contributed by atoms with E-state index in [1.807, 2.05) is 12.1 Å². The van der Waals surface area contributed by atoms with Gasteiger partial charge in [-0.05, 0) is 99.5 Å². The van der Waals surface area contributed by atoms with Crippen molar-refractivity contribution in [2.24, 2.45) is 10.8 Å². The molecule has 2 atom stereocenters. The van der Waals surface area contributed by atoms with Crippen LogP contribution in [0.5, 0.6) is 0 Å². The fourth-order valence-corrected chi connectivity index (χ4v) is 5.61. The van der Waals surface area contributed by atoms with E-state index < -0.39 is 46.7 Å². The number of amides is 2. The van der Waals surface area contributed by atoms with Gasteiger partial charge in [-0.1, -0.05) is 59.6 Å². The van der Waals surface area contributed by atoms with E-state index in [0.717, 1.165) is 0 Å². The molecule has 0 aliphatic carbocycles. The maximum Gasteiger partial charge on any atom is 0.321 e. The van der Waals surface area contributed by atoms with Crippen LogP contribution >= 0.6 is 23.2 Å². The Balaban J connectivity index is 1.65. The highest BCUT2D eigenvalue weighted by molar-refractivity contribution is 6.31. The first-order valence-electron chi connectivity index (χ1n) is 15.1. The monoisotopic (exact) mass is 694 g/mol. The molecule has 0 spiro atoms. The Labute approximate surface area is 294 Å². The van der Waals surface area contributed by atoms with Gasteiger partial charge in [-0.15, -0.1) is 0 Å². The number of hydrogen-bond acceptors (Lipinski definition) is 7. The molecule has 0 aliphatic heterocycles.